The van der Waals surface area contributed by atoms with Crippen LogP contribution in [0.15, 0.2) is 6.20 Å². The van der Waals surface area contributed by atoms with E-state index in [4.69, 9.17) is 0 Å². The molecule has 2 rings (SSSR count). The smallest absolute Gasteiger partial charge is 0.185 e. The van der Waals surface area contributed by atoms with Crippen LogP contribution in [0.5, 0.6) is 0 Å². The minimum absolute atomic E-state index is 0.411. The van der Waals surface area contributed by atoms with Crippen molar-refractivity contribution in [3.05, 3.63) is 11.1 Å². The maximum absolute atomic E-state index is 4.52. The highest BCUT2D eigenvalue weighted by atomic mass is 32.1. The van der Waals surface area contributed by atoms with Gasteiger partial charge in [0.15, 0.2) is 5.13 Å². The summed E-state index contributed by atoms with van der Waals surface area (Å²) in [6, 6.07) is 1.17. The van der Waals surface area contributed by atoms with Crippen molar-refractivity contribution in [2.75, 3.05) is 18.5 Å². The van der Waals surface area contributed by atoms with Gasteiger partial charge in [0.1, 0.15) is 0 Å². The predicted molar refractivity (Wildman–Crippen MR) is 65.6 cm³/mol. The van der Waals surface area contributed by atoms with Crippen molar-refractivity contribution in [3.63, 3.8) is 0 Å². The number of anilines is 1. The minimum atomic E-state index is 0.411. The van der Waals surface area contributed by atoms with Crippen molar-refractivity contribution >= 4 is 16.5 Å². The Morgan fingerprint density at radius 2 is 2.40 bits per heavy atom. The summed E-state index contributed by atoms with van der Waals surface area (Å²) in [7, 11) is 1.99. The summed E-state index contributed by atoms with van der Waals surface area (Å²) >= 11 is 1.82. The monoisotopic (exact) mass is 225 g/mol. The highest BCUT2D eigenvalue weighted by Crippen LogP contribution is 2.34. The van der Waals surface area contributed by atoms with E-state index in [9.17, 15) is 0 Å². The van der Waals surface area contributed by atoms with Crippen LogP contribution in [0.2, 0.25) is 0 Å². The molecule has 1 aliphatic rings. The molecule has 0 bridgehead atoms. The van der Waals surface area contributed by atoms with E-state index in [-0.39, 0.29) is 0 Å². The summed E-state index contributed by atoms with van der Waals surface area (Å²) in [6.07, 6.45) is 4.68. The van der Waals surface area contributed by atoms with E-state index in [1.54, 1.807) is 0 Å². The lowest BCUT2D eigenvalue weighted by molar-refractivity contribution is 0.662. The average molecular weight is 225 g/mol. The van der Waals surface area contributed by atoms with E-state index in [0.29, 0.717) is 6.04 Å². The first-order chi connectivity index (χ1) is 7.26. The summed E-state index contributed by atoms with van der Waals surface area (Å²) in [4.78, 5) is 8.27. The average Bonchev–Trinajstić information content (AvgIpc) is 2.96. The normalized spacial score (nSPS) is 17.8. The molecule has 1 N–H and O–H groups in total. The van der Waals surface area contributed by atoms with Crippen molar-refractivity contribution in [1.29, 1.82) is 0 Å². The third-order valence-corrected chi connectivity index (χ3v) is 4.16. The van der Waals surface area contributed by atoms with Crippen molar-refractivity contribution in [2.45, 2.75) is 38.8 Å². The summed E-state index contributed by atoms with van der Waals surface area (Å²) in [6.45, 7) is 5.46. The highest BCUT2D eigenvalue weighted by molar-refractivity contribution is 7.15. The van der Waals surface area contributed by atoms with Gasteiger partial charge in [0.05, 0.1) is 0 Å². The zero-order valence-corrected chi connectivity index (χ0v) is 10.5. The number of thiazole rings is 1. The standard InChI is InChI=1S/C11H19N3S/c1-4-14(9-5-6-9)11-13-7-10(15-11)8(2)12-3/h7-9,12H,4-6H2,1-3H3. The zero-order chi connectivity index (χ0) is 10.8. The Balaban J connectivity index is 2.10. The molecule has 4 heteroatoms. The van der Waals surface area contributed by atoms with Crippen LogP contribution in [-0.2, 0) is 0 Å². The molecule has 0 radical (unpaired) electrons. The lowest BCUT2D eigenvalue weighted by Gasteiger charge is -2.18. The minimum Gasteiger partial charge on any atom is -0.345 e. The van der Waals surface area contributed by atoms with Crippen LogP contribution in [0.25, 0.3) is 0 Å². The van der Waals surface area contributed by atoms with Gasteiger partial charge in [-0.05, 0) is 33.7 Å². The van der Waals surface area contributed by atoms with Gasteiger partial charge in [-0.15, -0.1) is 11.3 Å². The topological polar surface area (TPSA) is 28.2 Å². The quantitative estimate of drug-likeness (QED) is 0.834. The van der Waals surface area contributed by atoms with Crippen molar-refractivity contribution in [1.82, 2.24) is 10.3 Å². The second kappa shape index (κ2) is 4.49. The second-order valence-electron chi connectivity index (χ2n) is 4.07. The van der Waals surface area contributed by atoms with E-state index in [1.807, 2.05) is 24.6 Å². The zero-order valence-electron chi connectivity index (χ0n) is 9.66. The van der Waals surface area contributed by atoms with E-state index in [0.717, 1.165) is 12.6 Å². The van der Waals surface area contributed by atoms with E-state index in [1.165, 1.54) is 22.9 Å². The van der Waals surface area contributed by atoms with Crippen LogP contribution < -0.4 is 10.2 Å². The molecule has 0 saturated heterocycles. The molecule has 15 heavy (non-hydrogen) atoms. The van der Waals surface area contributed by atoms with E-state index >= 15 is 0 Å². The van der Waals surface area contributed by atoms with Gasteiger partial charge in [-0.2, -0.15) is 0 Å². The fourth-order valence-electron chi connectivity index (χ4n) is 1.69. The van der Waals surface area contributed by atoms with Crippen molar-refractivity contribution in [3.8, 4) is 0 Å². The van der Waals surface area contributed by atoms with Gasteiger partial charge in [0.2, 0.25) is 0 Å². The molecule has 84 valence electrons. The third-order valence-electron chi connectivity index (χ3n) is 2.95. The maximum Gasteiger partial charge on any atom is 0.185 e. The molecule has 1 atom stereocenters. The molecule has 1 aromatic rings. The van der Waals surface area contributed by atoms with Gasteiger partial charge in [0, 0.05) is 29.7 Å². The number of aromatic nitrogens is 1. The molecule has 1 aliphatic carbocycles. The first-order valence-corrected chi connectivity index (χ1v) is 6.47. The number of nitrogens with zero attached hydrogens (tertiary/aromatic N) is 2. The van der Waals surface area contributed by atoms with Crippen LogP contribution >= 0.6 is 11.3 Å². The largest absolute Gasteiger partial charge is 0.345 e. The predicted octanol–water partition coefficient (Wildman–Crippen LogP) is 2.41. The van der Waals surface area contributed by atoms with Crippen LogP contribution in [0.1, 0.15) is 37.6 Å². The first-order valence-electron chi connectivity index (χ1n) is 5.66. The summed E-state index contributed by atoms with van der Waals surface area (Å²) in [5.74, 6) is 0. The fourth-order valence-corrected chi connectivity index (χ4v) is 2.80. The SMILES string of the molecule is CCN(c1ncc(C(C)NC)s1)C1CC1. The lowest BCUT2D eigenvalue weighted by atomic mass is 10.3. The molecule has 0 aliphatic heterocycles. The molecule has 0 aromatic carbocycles. The van der Waals surface area contributed by atoms with Crippen molar-refractivity contribution < 1.29 is 0 Å². The Morgan fingerprint density at radius 3 is 2.93 bits per heavy atom. The molecule has 1 aromatic heterocycles. The number of nitrogens with one attached hydrogen (secondary N) is 1. The molecule has 1 unspecified atom stereocenters. The molecule has 3 nitrogen and oxygen atoms in total. The Bertz CT molecular complexity index is 319. The molecule has 1 saturated carbocycles. The van der Waals surface area contributed by atoms with E-state index in [2.05, 4.69) is 29.0 Å². The fraction of sp³-hybridized carbons (Fsp3) is 0.727. The van der Waals surface area contributed by atoms with Gasteiger partial charge >= 0.3 is 0 Å². The van der Waals surface area contributed by atoms with Crippen LogP contribution in [0.4, 0.5) is 5.13 Å². The molecule has 0 amide bonds. The maximum atomic E-state index is 4.52. The lowest BCUT2D eigenvalue weighted by Crippen LogP contribution is -2.24. The Hall–Kier alpha value is -0.610. The first kappa shape index (κ1) is 10.9. The number of hydrogen-bond donors (Lipinski definition) is 1. The molecular weight excluding hydrogens is 206 g/mol. The van der Waals surface area contributed by atoms with Crippen molar-refractivity contribution in [2.24, 2.45) is 0 Å². The summed E-state index contributed by atoms with van der Waals surface area (Å²) < 4.78 is 0. The molecular formula is C11H19N3S. The van der Waals surface area contributed by atoms with Gasteiger partial charge in [-0.25, -0.2) is 4.98 Å². The third kappa shape index (κ3) is 2.32. The van der Waals surface area contributed by atoms with Crippen LogP contribution in [-0.4, -0.2) is 24.6 Å². The highest BCUT2D eigenvalue weighted by Gasteiger charge is 2.29. The molecule has 1 fully saturated rings. The summed E-state index contributed by atoms with van der Waals surface area (Å²) in [5, 5.41) is 4.44. The Kier molecular flexibility index (Phi) is 3.26. The van der Waals surface area contributed by atoms with Gasteiger partial charge in [-0.3, -0.25) is 0 Å². The Labute approximate surface area is 95.5 Å². The molecule has 1 heterocycles. The molecule has 0 spiro atoms. The van der Waals surface area contributed by atoms with Gasteiger partial charge in [0.25, 0.3) is 0 Å². The van der Waals surface area contributed by atoms with Crippen LogP contribution in [0.3, 0.4) is 0 Å². The summed E-state index contributed by atoms with van der Waals surface area (Å²) in [5.41, 5.74) is 0. The van der Waals surface area contributed by atoms with Crippen LogP contribution in [0, 0.1) is 0 Å². The van der Waals surface area contributed by atoms with Gasteiger partial charge in [-0.1, -0.05) is 0 Å². The second-order valence-corrected chi connectivity index (χ2v) is 5.11. The number of hydrogen-bond acceptors (Lipinski definition) is 4. The van der Waals surface area contributed by atoms with E-state index < -0.39 is 0 Å². The number of rotatable bonds is 5. The van der Waals surface area contributed by atoms with Gasteiger partial charge < -0.3 is 10.2 Å². The Morgan fingerprint density at radius 1 is 1.67 bits per heavy atom.